The Bertz CT molecular complexity index is 376. The van der Waals surface area contributed by atoms with Crippen molar-refractivity contribution in [2.45, 2.75) is 25.5 Å². The van der Waals surface area contributed by atoms with Crippen molar-refractivity contribution in [2.75, 3.05) is 40.0 Å². The Morgan fingerprint density at radius 1 is 1.35 bits per heavy atom. The number of carboxylic acid groups (broad SMARTS) is 1. The smallest absolute Gasteiger partial charge is 0.328 e. The van der Waals surface area contributed by atoms with Crippen molar-refractivity contribution in [1.82, 2.24) is 9.80 Å². The van der Waals surface area contributed by atoms with Gasteiger partial charge in [-0.1, -0.05) is 6.92 Å². The zero-order chi connectivity index (χ0) is 14.7. The number of hydrogen-bond acceptors (Lipinski definition) is 4. The van der Waals surface area contributed by atoms with Crippen molar-refractivity contribution in [3.8, 4) is 0 Å². The lowest BCUT2D eigenvalue weighted by atomic mass is 9.96. The second-order valence-electron chi connectivity index (χ2n) is 5.39. The summed E-state index contributed by atoms with van der Waals surface area (Å²) >= 11 is 0. The molecule has 3 unspecified atom stereocenters. The van der Waals surface area contributed by atoms with E-state index in [0.717, 1.165) is 6.42 Å². The number of carbonyl (C=O) groups is 2. The maximum absolute atomic E-state index is 12.5. The van der Waals surface area contributed by atoms with Gasteiger partial charge >= 0.3 is 12.0 Å². The van der Waals surface area contributed by atoms with Crippen molar-refractivity contribution >= 4 is 12.0 Å². The summed E-state index contributed by atoms with van der Waals surface area (Å²) in [6.07, 6.45) is 0.879. The van der Waals surface area contributed by atoms with E-state index in [0.29, 0.717) is 32.2 Å². The zero-order valence-corrected chi connectivity index (χ0v) is 11.9. The molecule has 2 aliphatic rings. The van der Waals surface area contributed by atoms with Crippen LogP contribution in [0, 0.1) is 5.92 Å². The van der Waals surface area contributed by atoms with Crippen LogP contribution in [0.4, 0.5) is 4.79 Å². The molecule has 0 radical (unpaired) electrons. The van der Waals surface area contributed by atoms with Gasteiger partial charge in [-0.05, 0) is 12.3 Å². The van der Waals surface area contributed by atoms with Crippen molar-refractivity contribution in [2.24, 2.45) is 5.92 Å². The number of aliphatic carboxylic acids is 1. The number of carbonyl (C=O) groups excluding carboxylic acids is 1. The van der Waals surface area contributed by atoms with Gasteiger partial charge in [0.1, 0.15) is 0 Å². The quantitative estimate of drug-likeness (QED) is 0.787. The number of urea groups is 1. The summed E-state index contributed by atoms with van der Waals surface area (Å²) in [5.74, 6) is -0.615. The SMILES string of the molecule is COC1CN(C(=O)N2CCOCC2C(=O)O)CCC1C. The molecule has 20 heavy (non-hydrogen) atoms. The van der Waals surface area contributed by atoms with Crippen LogP contribution in [-0.2, 0) is 14.3 Å². The van der Waals surface area contributed by atoms with Gasteiger partial charge in [0.05, 0.1) is 19.3 Å². The van der Waals surface area contributed by atoms with Crippen LogP contribution in [0.3, 0.4) is 0 Å². The van der Waals surface area contributed by atoms with Crippen LogP contribution in [-0.4, -0.2) is 79.0 Å². The van der Waals surface area contributed by atoms with E-state index in [1.54, 1.807) is 12.0 Å². The number of morpholine rings is 1. The van der Waals surface area contributed by atoms with E-state index in [2.05, 4.69) is 6.92 Å². The fourth-order valence-electron chi connectivity index (χ4n) is 2.73. The summed E-state index contributed by atoms with van der Waals surface area (Å²) in [5, 5.41) is 9.18. The topological polar surface area (TPSA) is 79.3 Å². The number of nitrogens with zero attached hydrogens (tertiary/aromatic N) is 2. The molecular weight excluding hydrogens is 264 g/mol. The molecule has 2 amide bonds. The molecular formula is C13H22N2O5. The molecule has 2 rings (SSSR count). The van der Waals surface area contributed by atoms with Gasteiger partial charge in [0.15, 0.2) is 6.04 Å². The number of amides is 2. The first-order valence-corrected chi connectivity index (χ1v) is 6.93. The number of methoxy groups -OCH3 is 1. The van der Waals surface area contributed by atoms with E-state index in [9.17, 15) is 14.7 Å². The lowest BCUT2D eigenvalue weighted by Gasteiger charge is -2.41. The molecule has 0 aromatic rings. The summed E-state index contributed by atoms with van der Waals surface area (Å²) in [7, 11) is 1.64. The molecule has 0 aliphatic carbocycles. The molecule has 3 atom stereocenters. The van der Waals surface area contributed by atoms with Gasteiger partial charge < -0.3 is 24.4 Å². The fourth-order valence-corrected chi connectivity index (χ4v) is 2.73. The van der Waals surface area contributed by atoms with Gasteiger partial charge in [-0.15, -0.1) is 0 Å². The minimum absolute atomic E-state index is 0.0111. The molecule has 2 fully saturated rings. The van der Waals surface area contributed by atoms with Crippen molar-refractivity contribution < 1.29 is 24.2 Å². The van der Waals surface area contributed by atoms with Crippen LogP contribution in [0.2, 0.25) is 0 Å². The summed E-state index contributed by atoms with van der Waals surface area (Å²) < 4.78 is 10.5. The average molecular weight is 286 g/mol. The third-order valence-electron chi connectivity index (χ3n) is 4.12. The number of likely N-dealkylation sites (tertiary alicyclic amines) is 1. The summed E-state index contributed by atoms with van der Waals surface area (Å²) in [5.41, 5.74) is 0. The van der Waals surface area contributed by atoms with Crippen LogP contribution in [0.15, 0.2) is 0 Å². The Labute approximate surface area is 118 Å². The highest BCUT2D eigenvalue weighted by Crippen LogP contribution is 2.21. The number of carboxylic acids is 1. The normalized spacial score (nSPS) is 31.2. The largest absolute Gasteiger partial charge is 0.480 e. The highest BCUT2D eigenvalue weighted by Gasteiger charge is 2.37. The van der Waals surface area contributed by atoms with E-state index >= 15 is 0 Å². The third kappa shape index (κ3) is 3.04. The van der Waals surface area contributed by atoms with E-state index in [4.69, 9.17) is 9.47 Å². The second kappa shape index (κ2) is 6.41. The number of rotatable bonds is 2. The van der Waals surface area contributed by atoms with Crippen LogP contribution in [0.5, 0.6) is 0 Å². The second-order valence-corrected chi connectivity index (χ2v) is 5.39. The number of piperidine rings is 1. The molecule has 0 bridgehead atoms. The number of ether oxygens (including phenoxy) is 2. The van der Waals surface area contributed by atoms with Crippen LogP contribution in [0.1, 0.15) is 13.3 Å². The summed E-state index contributed by atoms with van der Waals surface area (Å²) in [6.45, 7) is 4.01. The van der Waals surface area contributed by atoms with Gasteiger partial charge in [0.2, 0.25) is 0 Å². The Balaban J connectivity index is 2.04. The molecule has 2 heterocycles. The molecule has 0 aromatic heterocycles. The fraction of sp³-hybridized carbons (Fsp3) is 0.846. The van der Waals surface area contributed by atoms with Gasteiger partial charge in [-0.3, -0.25) is 0 Å². The predicted molar refractivity (Wildman–Crippen MR) is 70.5 cm³/mol. The highest BCUT2D eigenvalue weighted by atomic mass is 16.5. The van der Waals surface area contributed by atoms with E-state index in [1.807, 2.05) is 0 Å². The molecule has 7 nitrogen and oxygen atoms in total. The van der Waals surface area contributed by atoms with Gasteiger partial charge in [-0.25, -0.2) is 9.59 Å². The lowest BCUT2D eigenvalue weighted by molar-refractivity contribution is -0.147. The first-order chi connectivity index (χ1) is 9.54. The Hall–Kier alpha value is -1.34. The third-order valence-corrected chi connectivity index (χ3v) is 4.12. The lowest BCUT2D eigenvalue weighted by Crippen LogP contribution is -2.59. The maximum atomic E-state index is 12.5. The molecule has 0 aromatic carbocycles. The monoisotopic (exact) mass is 286 g/mol. The van der Waals surface area contributed by atoms with E-state index in [-0.39, 0.29) is 18.7 Å². The zero-order valence-electron chi connectivity index (χ0n) is 11.9. The van der Waals surface area contributed by atoms with Crippen LogP contribution < -0.4 is 0 Å². The molecule has 2 aliphatic heterocycles. The van der Waals surface area contributed by atoms with Crippen molar-refractivity contribution in [1.29, 1.82) is 0 Å². The molecule has 0 spiro atoms. The Kier molecular flexibility index (Phi) is 4.82. The number of hydrogen-bond donors (Lipinski definition) is 1. The molecule has 0 saturated carbocycles. The molecule has 7 heteroatoms. The van der Waals surface area contributed by atoms with Crippen LogP contribution >= 0.6 is 0 Å². The Morgan fingerprint density at radius 2 is 2.10 bits per heavy atom. The van der Waals surface area contributed by atoms with Crippen molar-refractivity contribution in [3.63, 3.8) is 0 Å². The minimum atomic E-state index is -1.02. The summed E-state index contributed by atoms with van der Waals surface area (Å²) in [6, 6.07) is -1.12. The van der Waals surface area contributed by atoms with Gasteiger partial charge in [0.25, 0.3) is 0 Å². The van der Waals surface area contributed by atoms with E-state index < -0.39 is 12.0 Å². The van der Waals surface area contributed by atoms with Gasteiger partial charge in [-0.2, -0.15) is 0 Å². The molecule has 114 valence electrons. The molecule has 2 saturated heterocycles. The van der Waals surface area contributed by atoms with Crippen molar-refractivity contribution in [3.05, 3.63) is 0 Å². The standard InChI is InChI=1S/C13H22N2O5/c1-9-3-4-14(7-11(9)19-2)13(18)15-5-6-20-8-10(15)12(16)17/h9-11H,3-8H2,1-2H3,(H,16,17). The highest BCUT2D eigenvalue weighted by molar-refractivity contribution is 5.83. The van der Waals surface area contributed by atoms with Crippen LogP contribution in [0.25, 0.3) is 0 Å². The first-order valence-electron chi connectivity index (χ1n) is 6.93. The maximum Gasteiger partial charge on any atom is 0.328 e. The average Bonchev–Trinajstić information content (AvgIpc) is 2.47. The van der Waals surface area contributed by atoms with E-state index in [1.165, 1.54) is 4.90 Å². The molecule has 1 N–H and O–H groups in total. The minimum Gasteiger partial charge on any atom is -0.480 e. The Morgan fingerprint density at radius 3 is 2.75 bits per heavy atom. The predicted octanol–water partition coefficient (Wildman–Crippen LogP) is 0.249. The summed E-state index contributed by atoms with van der Waals surface area (Å²) in [4.78, 5) is 26.8. The first kappa shape index (κ1) is 15.1. The van der Waals surface area contributed by atoms with Gasteiger partial charge in [0, 0.05) is 26.7 Å².